The Morgan fingerprint density at radius 1 is 1.07 bits per heavy atom. The first kappa shape index (κ1) is 19.8. The molecule has 1 amide bonds. The fourth-order valence-corrected chi connectivity index (χ4v) is 2.80. The molecule has 0 aliphatic heterocycles. The number of amides is 1. The summed E-state index contributed by atoms with van der Waals surface area (Å²) in [6.07, 6.45) is 0. The van der Waals surface area contributed by atoms with Gasteiger partial charge in [-0.2, -0.15) is 0 Å². The van der Waals surface area contributed by atoms with Crippen LogP contribution in [-0.2, 0) is 9.53 Å². The summed E-state index contributed by atoms with van der Waals surface area (Å²) in [5.41, 5.74) is 0.209. The van der Waals surface area contributed by atoms with Crippen molar-refractivity contribution >= 4 is 34.0 Å². The molecular weight excluding hydrogens is 376 g/mol. The highest BCUT2D eigenvalue weighted by atomic mass is 16.6. The van der Waals surface area contributed by atoms with E-state index in [1.165, 1.54) is 12.1 Å². The third-order valence-electron chi connectivity index (χ3n) is 4.09. The first-order chi connectivity index (χ1) is 14.0. The molecule has 0 fully saturated rings. The minimum atomic E-state index is -0.843. The number of nitro groups is 1. The fourth-order valence-electron chi connectivity index (χ4n) is 2.80. The molecule has 148 valence electrons. The molecule has 0 heterocycles. The lowest BCUT2D eigenvalue weighted by Gasteiger charge is -2.10. The van der Waals surface area contributed by atoms with Gasteiger partial charge in [0.05, 0.1) is 17.1 Å². The molecule has 29 heavy (non-hydrogen) atoms. The van der Waals surface area contributed by atoms with Crippen LogP contribution in [0.4, 0.5) is 11.4 Å². The maximum Gasteiger partial charge on any atom is 0.338 e. The minimum Gasteiger partial charge on any atom is -0.487 e. The minimum absolute atomic E-state index is 0.0434. The van der Waals surface area contributed by atoms with Crippen molar-refractivity contribution in [1.29, 1.82) is 0 Å². The molecule has 1 N–H and O–H groups in total. The van der Waals surface area contributed by atoms with E-state index in [-0.39, 0.29) is 23.6 Å². The molecule has 0 aliphatic rings. The van der Waals surface area contributed by atoms with Crippen LogP contribution in [-0.4, -0.2) is 30.0 Å². The quantitative estimate of drug-likeness (QED) is 0.369. The van der Waals surface area contributed by atoms with Gasteiger partial charge in [0.15, 0.2) is 12.4 Å². The first-order valence-corrected chi connectivity index (χ1v) is 8.85. The Labute approximate surface area is 166 Å². The average Bonchev–Trinajstić information content (AvgIpc) is 2.72. The Morgan fingerprint density at radius 2 is 1.83 bits per heavy atom. The number of esters is 1. The van der Waals surface area contributed by atoms with Crippen LogP contribution in [0.25, 0.3) is 10.8 Å². The van der Waals surface area contributed by atoms with Gasteiger partial charge < -0.3 is 14.8 Å². The molecule has 0 spiro atoms. The van der Waals surface area contributed by atoms with Crippen LogP contribution in [0.1, 0.15) is 17.3 Å². The maximum atomic E-state index is 12.2. The molecule has 0 aromatic heterocycles. The largest absolute Gasteiger partial charge is 0.487 e. The van der Waals surface area contributed by atoms with E-state index >= 15 is 0 Å². The highest BCUT2D eigenvalue weighted by Crippen LogP contribution is 2.28. The van der Waals surface area contributed by atoms with Gasteiger partial charge in [0.25, 0.3) is 5.91 Å². The number of anilines is 1. The molecule has 0 saturated heterocycles. The van der Waals surface area contributed by atoms with Gasteiger partial charge in [-0.05, 0) is 30.5 Å². The zero-order valence-corrected chi connectivity index (χ0v) is 15.6. The van der Waals surface area contributed by atoms with Crippen LogP contribution in [0.5, 0.6) is 5.75 Å². The molecule has 0 unspecified atom stereocenters. The number of benzene rings is 3. The van der Waals surface area contributed by atoms with E-state index in [9.17, 15) is 19.7 Å². The topological polar surface area (TPSA) is 108 Å². The lowest BCUT2D eigenvalue weighted by atomic mass is 10.1. The third kappa shape index (κ3) is 4.67. The number of hydrogen-bond donors (Lipinski definition) is 1. The second kappa shape index (κ2) is 8.83. The van der Waals surface area contributed by atoms with Crippen LogP contribution < -0.4 is 10.1 Å². The van der Waals surface area contributed by atoms with Crippen molar-refractivity contribution in [2.45, 2.75) is 6.92 Å². The summed E-state index contributed by atoms with van der Waals surface area (Å²) in [7, 11) is 0. The predicted molar refractivity (Wildman–Crippen MR) is 107 cm³/mol. The van der Waals surface area contributed by atoms with Gasteiger partial charge in [-0.3, -0.25) is 14.9 Å². The molecule has 0 saturated carbocycles. The number of nitro benzene ring substituents is 1. The van der Waals surface area contributed by atoms with Gasteiger partial charge in [-0.25, -0.2) is 4.79 Å². The van der Waals surface area contributed by atoms with Crippen molar-refractivity contribution in [2.75, 3.05) is 18.5 Å². The van der Waals surface area contributed by atoms with E-state index in [0.717, 1.165) is 16.8 Å². The molecule has 0 atom stereocenters. The summed E-state index contributed by atoms with van der Waals surface area (Å²) in [5.74, 6) is -1.30. The van der Waals surface area contributed by atoms with Crippen molar-refractivity contribution in [3.8, 4) is 5.75 Å². The zero-order valence-electron chi connectivity index (χ0n) is 15.6. The Morgan fingerprint density at radius 3 is 2.59 bits per heavy atom. The number of ether oxygens (including phenoxy) is 2. The number of nitrogens with zero attached hydrogens (tertiary/aromatic N) is 1. The van der Waals surface area contributed by atoms with Gasteiger partial charge >= 0.3 is 11.7 Å². The number of fused-ring (bicyclic) bond motifs is 1. The lowest BCUT2D eigenvalue weighted by molar-refractivity contribution is -0.385. The van der Waals surface area contributed by atoms with Gasteiger partial charge in [0.2, 0.25) is 0 Å². The fraction of sp³-hybridized carbons (Fsp3) is 0.143. The highest BCUT2D eigenvalue weighted by molar-refractivity contribution is 6.03. The molecule has 3 aromatic rings. The average molecular weight is 394 g/mol. The normalized spacial score (nSPS) is 10.4. The van der Waals surface area contributed by atoms with E-state index in [0.29, 0.717) is 5.69 Å². The second-order valence-corrected chi connectivity index (χ2v) is 6.02. The molecule has 8 heteroatoms. The number of carbonyl (C=O) groups excluding carboxylic acids is 2. The van der Waals surface area contributed by atoms with E-state index in [2.05, 4.69) is 5.32 Å². The maximum absolute atomic E-state index is 12.2. The monoisotopic (exact) mass is 394 g/mol. The number of hydrogen-bond acceptors (Lipinski definition) is 6. The van der Waals surface area contributed by atoms with E-state index in [1.54, 1.807) is 13.0 Å². The number of nitrogens with one attached hydrogen (secondary N) is 1. The molecule has 3 aromatic carbocycles. The summed E-state index contributed by atoms with van der Waals surface area (Å²) < 4.78 is 10.2. The molecule has 3 rings (SSSR count). The Bertz CT molecular complexity index is 1070. The first-order valence-electron chi connectivity index (χ1n) is 8.85. The number of rotatable bonds is 7. The Balaban J connectivity index is 1.66. The summed E-state index contributed by atoms with van der Waals surface area (Å²) in [4.78, 5) is 34.9. The molecule has 0 aliphatic carbocycles. The van der Waals surface area contributed by atoms with Crippen molar-refractivity contribution in [2.24, 2.45) is 0 Å². The summed E-state index contributed by atoms with van der Waals surface area (Å²) in [6.45, 7) is 1.42. The highest BCUT2D eigenvalue weighted by Gasteiger charge is 2.20. The summed E-state index contributed by atoms with van der Waals surface area (Å²) in [6, 6.07) is 16.8. The molecule has 0 bridgehead atoms. The van der Waals surface area contributed by atoms with Crippen LogP contribution in [0.15, 0.2) is 60.7 Å². The van der Waals surface area contributed by atoms with Gasteiger partial charge in [0, 0.05) is 17.1 Å². The Kier molecular flexibility index (Phi) is 6.03. The lowest BCUT2D eigenvalue weighted by Crippen LogP contribution is -2.21. The summed E-state index contributed by atoms with van der Waals surface area (Å²) >= 11 is 0. The van der Waals surface area contributed by atoms with E-state index in [1.807, 2.05) is 36.4 Å². The predicted octanol–water partition coefficient (Wildman–Crippen LogP) is 3.94. The van der Waals surface area contributed by atoms with Crippen molar-refractivity contribution in [1.82, 2.24) is 0 Å². The van der Waals surface area contributed by atoms with Crippen LogP contribution in [0, 0.1) is 10.1 Å². The van der Waals surface area contributed by atoms with Crippen molar-refractivity contribution in [3.05, 3.63) is 76.3 Å². The molecular formula is C21H18N2O6. The van der Waals surface area contributed by atoms with E-state index in [4.69, 9.17) is 9.47 Å². The van der Waals surface area contributed by atoms with Crippen molar-refractivity contribution in [3.63, 3.8) is 0 Å². The van der Waals surface area contributed by atoms with Gasteiger partial charge in [0.1, 0.15) is 0 Å². The molecule has 0 radical (unpaired) electrons. The van der Waals surface area contributed by atoms with E-state index < -0.39 is 23.4 Å². The van der Waals surface area contributed by atoms with Crippen LogP contribution in [0.2, 0.25) is 0 Å². The third-order valence-corrected chi connectivity index (χ3v) is 4.09. The molecule has 8 nitrogen and oxygen atoms in total. The Hall–Kier alpha value is -3.94. The van der Waals surface area contributed by atoms with Gasteiger partial charge in [-0.15, -0.1) is 0 Å². The zero-order chi connectivity index (χ0) is 20.8. The van der Waals surface area contributed by atoms with Crippen molar-refractivity contribution < 1.29 is 24.0 Å². The van der Waals surface area contributed by atoms with Crippen LogP contribution in [0.3, 0.4) is 0 Å². The number of carbonyl (C=O) groups is 2. The summed E-state index contributed by atoms with van der Waals surface area (Å²) in [5, 5.41) is 15.7. The SMILES string of the molecule is CCOc1ccc(C(=O)OCC(=O)Nc2cccc3ccccc23)cc1[N+](=O)[O-]. The van der Waals surface area contributed by atoms with Crippen LogP contribution >= 0.6 is 0 Å². The second-order valence-electron chi connectivity index (χ2n) is 6.02. The smallest absolute Gasteiger partial charge is 0.338 e. The van der Waals surface area contributed by atoms with Gasteiger partial charge in [-0.1, -0.05) is 36.4 Å². The standard InChI is InChI=1S/C21H18N2O6/c1-2-28-19-11-10-15(12-18(19)23(26)27)21(25)29-13-20(24)22-17-9-5-7-14-6-3-4-8-16(14)17/h3-12H,2,13H2,1H3,(H,22,24).